The molecule has 3 rings (SSSR count). The van der Waals surface area contributed by atoms with Crippen molar-refractivity contribution < 1.29 is 4.74 Å². The lowest BCUT2D eigenvalue weighted by molar-refractivity contribution is 0.208. The van der Waals surface area contributed by atoms with E-state index in [4.69, 9.17) is 4.74 Å². The van der Waals surface area contributed by atoms with Crippen molar-refractivity contribution in [2.24, 2.45) is 4.99 Å². The van der Waals surface area contributed by atoms with E-state index < -0.39 is 0 Å². The third kappa shape index (κ3) is 4.63. The van der Waals surface area contributed by atoms with Gasteiger partial charge in [-0.3, -0.25) is 4.99 Å². The number of aliphatic imine (C=N–C) groups is 1. The number of benzene rings is 1. The number of hydrogen-bond acceptors (Lipinski definition) is 2. The Morgan fingerprint density at radius 3 is 2.52 bits per heavy atom. The van der Waals surface area contributed by atoms with E-state index in [2.05, 4.69) is 39.9 Å². The van der Waals surface area contributed by atoms with Gasteiger partial charge in [0.25, 0.3) is 0 Å². The van der Waals surface area contributed by atoms with Crippen LogP contribution in [0.3, 0.4) is 0 Å². The Labute approximate surface area is 139 Å². The van der Waals surface area contributed by atoms with Crippen LogP contribution in [-0.2, 0) is 6.54 Å². The lowest BCUT2D eigenvalue weighted by atomic mass is 10.2. The van der Waals surface area contributed by atoms with Crippen molar-refractivity contribution in [2.75, 3.05) is 7.05 Å². The quantitative estimate of drug-likeness (QED) is 0.644. The number of hydrogen-bond donors (Lipinski definition) is 2. The highest BCUT2D eigenvalue weighted by Crippen LogP contribution is 2.26. The molecule has 0 unspecified atom stereocenters. The number of nitrogens with zero attached hydrogens (tertiary/aromatic N) is 1. The van der Waals surface area contributed by atoms with Crippen LogP contribution in [0, 0.1) is 0 Å². The van der Waals surface area contributed by atoms with Crippen molar-refractivity contribution in [2.45, 2.75) is 70.1 Å². The molecule has 0 amide bonds. The van der Waals surface area contributed by atoms with Gasteiger partial charge in [0, 0.05) is 25.2 Å². The maximum Gasteiger partial charge on any atom is 0.191 e. The van der Waals surface area contributed by atoms with E-state index in [1.165, 1.54) is 56.9 Å². The largest absolute Gasteiger partial charge is 0.490 e. The summed E-state index contributed by atoms with van der Waals surface area (Å²) in [4.78, 5) is 4.35. The van der Waals surface area contributed by atoms with Gasteiger partial charge in [-0.15, -0.1) is 0 Å². The SMILES string of the molecule is CN=C(NCc1ccccc1OC1CCCC1)NC1CCCC1. The van der Waals surface area contributed by atoms with Crippen LogP contribution in [0.4, 0.5) is 0 Å². The van der Waals surface area contributed by atoms with Crippen LogP contribution in [0.2, 0.25) is 0 Å². The highest BCUT2D eigenvalue weighted by molar-refractivity contribution is 5.80. The Hall–Kier alpha value is -1.71. The number of guanidine groups is 1. The number of rotatable bonds is 5. The monoisotopic (exact) mass is 315 g/mol. The predicted molar refractivity (Wildman–Crippen MR) is 94.9 cm³/mol. The third-order valence-corrected chi connectivity index (χ3v) is 4.93. The molecule has 126 valence electrons. The second kappa shape index (κ2) is 8.23. The standard InChI is InChI=1S/C19H29N3O/c1-20-19(22-16-9-3-4-10-16)21-14-15-8-2-7-13-18(15)23-17-11-5-6-12-17/h2,7-8,13,16-17H,3-6,9-12,14H2,1H3,(H2,20,21,22). The molecule has 0 bridgehead atoms. The topological polar surface area (TPSA) is 45.7 Å². The molecule has 4 heteroatoms. The predicted octanol–water partition coefficient (Wildman–Crippen LogP) is 3.62. The Bertz CT molecular complexity index is 517. The maximum atomic E-state index is 6.21. The first-order valence-electron chi connectivity index (χ1n) is 9.07. The van der Waals surface area contributed by atoms with Crippen molar-refractivity contribution in [3.8, 4) is 5.75 Å². The van der Waals surface area contributed by atoms with Gasteiger partial charge in [-0.05, 0) is 44.6 Å². The van der Waals surface area contributed by atoms with Crippen LogP contribution < -0.4 is 15.4 Å². The minimum Gasteiger partial charge on any atom is -0.490 e. The number of ether oxygens (including phenoxy) is 1. The molecule has 4 nitrogen and oxygen atoms in total. The van der Waals surface area contributed by atoms with Gasteiger partial charge in [-0.2, -0.15) is 0 Å². The highest BCUT2D eigenvalue weighted by Gasteiger charge is 2.18. The van der Waals surface area contributed by atoms with Crippen molar-refractivity contribution in [1.29, 1.82) is 0 Å². The molecule has 2 N–H and O–H groups in total. The first kappa shape index (κ1) is 16.2. The maximum absolute atomic E-state index is 6.21. The van der Waals surface area contributed by atoms with Crippen molar-refractivity contribution in [1.82, 2.24) is 10.6 Å². The first-order valence-corrected chi connectivity index (χ1v) is 9.07. The molecule has 2 fully saturated rings. The van der Waals surface area contributed by atoms with E-state index in [-0.39, 0.29) is 0 Å². The van der Waals surface area contributed by atoms with E-state index in [0.29, 0.717) is 12.1 Å². The van der Waals surface area contributed by atoms with Gasteiger partial charge in [0.15, 0.2) is 5.96 Å². The highest BCUT2D eigenvalue weighted by atomic mass is 16.5. The molecule has 2 saturated carbocycles. The summed E-state index contributed by atoms with van der Waals surface area (Å²) in [6.07, 6.45) is 10.5. The fourth-order valence-corrected chi connectivity index (χ4v) is 3.59. The summed E-state index contributed by atoms with van der Waals surface area (Å²) in [5, 5.41) is 6.96. The van der Waals surface area contributed by atoms with Crippen LogP contribution >= 0.6 is 0 Å². The average Bonchev–Trinajstić information content (AvgIpc) is 3.26. The van der Waals surface area contributed by atoms with Crippen molar-refractivity contribution in [3.63, 3.8) is 0 Å². The molecule has 0 heterocycles. The fraction of sp³-hybridized carbons (Fsp3) is 0.632. The molecule has 2 aliphatic rings. The second-order valence-electron chi connectivity index (χ2n) is 6.68. The van der Waals surface area contributed by atoms with Gasteiger partial charge in [0.2, 0.25) is 0 Å². The summed E-state index contributed by atoms with van der Waals surface area (Å²) < 4.78 is 6.21. The summed E-state index contributed by atoms with van der Waals surface area (Å²) in [5.74, 6) is 1.91. The van der Waals surface area contributed by atoms with Gasteiger partial charge in [0.1, 0.15) is 5.75 Å². The van der Waals surface area contributed by atoms with E-state index in [0.717, 1.165) is 18.3 Å². The Kier molecular flexibility index (Phi) is 5.78. The summed E-state index contributed by atoms with van der Waals surface area (Å²) in [6, 6.07) is 8.93. The molecule has 1 aromatic rings. The molecule has 1 aromatic carbocycles. The van der Waals surface area contributed by atoms with E-state index in [1.54, 1.807) is 0 Å². The smallest absolute Gasteiger partial charge is 0.191 e. The average molecular weight is 315 g/mol. The molecule has 0 aliphatic heterocycles. The molecule has 2 aliphatic carbocycles. The molecule has 0 aromatic heterocycles. The van der Waals surface area contributed by atoms with E-state index in [1.807, 2.05) is 7.05 Å². The third-order valence-electron chi connectivity index (χ3n) is 4.93. The fourth-order valence-electron chi connectivity index (χ4n) is 3.59. The van der Waals surface area contributed by atoms with Gasteiger partial charge >= 0.3 is 0 Å². The summed E-state index contributed by atoms with van der Waals surface area (Å²) >= 11 is 0. The molecule has 0 spiro atoms. The molecular weight excluding hydrogens is 286 g/mol. The van der Waals surface area contributed by atoms with Crippen LogP contribution in [0.1, 0.15) is 56.9 Å². The van der Waals surface area contributed by atoms with E-state index >= 15 is 0 Å². The first-order chi connectivity index (χ1) is 11.3. The van der Waals surface area contributed by atoms with Gasteiger partial charge < -0.3 is 15.4 Å². The lowest BCUT2D eigenvalue weighted by Crippen LogP contribution is -2.42. The molecular formula is C19H29N3O. The van der Waals surface area contributed by atoms with Crippen LogP contribution in [0.5, 0.6) is 5.75 Å². The normalized spacial score (nSPS) is 20.0. The second-order valence-corrected chi connectivity index (χ2v) is 6.68. The van der Waals surface area contributed by atoms with Gasteiger partial charge in [0.05, 0.1) is 6.10 Å². The lowest BCUT2D eigenvalue weighted by Gasteiger charge is -2.19. The zero-order valence-corrected chi connectivity index (χ0v) is 14.2. The molecule has 0 radical (unpaired) electrons. The number of para-hydroxylation sites is 1. The van der Waals surface area contributed by atoms with Crippen molar-refractivity contribution >= 4 is 5.96 Å². The molecule has 0 atom stereocenters. The zero-order chi connectivity index (χ0) is 15.9. The Morgan fingerprint density at radius 1 is 1.09 bits per heavy atom. The minimum absolute atomic E-state index is 0.395. The molecule has 0 saturated heterocycles. The van der Waals surface area contributed by atoms with Crippen LogP contribution in [0.25, 0.3) is 0 Å². The minimum atomic E-state index is 0.395. The van der Waals surface area contributed by atoms with Crippen LogP contribution in [0.15, 0.2) is 29.3 Å². The summed E-state index contributed by atoms with van der Waals surface area (Å²) in [6.45, 7) is 0.745. The van der Waals surface area contributed by atoms with E-state index in [9.17, 15) is 0 Å². The Balaban J connectivity index is 1.56. The van der Waals surface area contributed by atoms with Gasteiger partial charge in [-0.1, -0.05) is 31.0 Å². The van der Waals surface area contributed by atoms with Crippen LogP contribution in [-0.4, -0.2) is 25.2 Å². The Morgan fingerprint density at radius 2 is 1.78 bits per heavy atom. The summed E-state index contributed by atoms with van der Waals surface area (Å²) in [7, 11) is 1.84. The number of nitrogens with one attached hydrogen (secondary N) is 2. The summed E-state index contributed by atoms with van der Waals surface area (Å²) in [5.41, 5.74) is 1.20. The van der Waals surface area contributed by atoms with Crippen molar-refractivity contribution in [3.05, 3.63) is 29.8 Å². The molecule has 23 heavy (non-hydrogen) atoms. The zero-order valence-electron chi connectivity index (χ0n) is 14.2. The van der Waals surface area contributed by atoms with Gasteiger partial charge in [-0.25, -0.2) is 0 Å².